The molecule has 1 aromatic carbocycles. The van der Waals surface area contributed by atoms with E-state index in [0.29, 0.717) is 13.0 Å². The molecule has 0 aliphatic heterocycles. The van der Waals surface area contributed by atoms with Crippen molar-refractivity contribution in [2.24, 2.45) is 5.73 Å². The average molecular weight is 251 g/mol. The third-order valence-electron chi connectivity index (χ3n) is 3.00. The van der Waals surface area contributed by atoms with E-state index >= 15 is 0 Å². The number of aliphatic hydroxyl groups excluding tert-OH is 1. The summed E-state index contributed by atoms with van der Waals surface area (Å²) in [5, 5.41) is 9.06. The Bertz CT molecular complexity index is 380. The smallest absolute Gasteiger partial charge is 0.119 e. The molecule has 0 heterocycles. The van der Waals surface area contributed by atoms with E-state index in [9.17, 15) is 0 Å². The van der Waals surface area contributed by atoms with Gasteiger partial charge in [0.15, 0.2) is 0 Å². The third kappa shape index (κ3) is 4.67. The monoisotopic (exact) mass is 251 g/mol. The zero-order valence-corrected chi connectivity index (χ0v) is 11.9. The molecule has 3 N–H and O–H groups in total. The van der Waals surface area contributed by atoms with Crippen LogP contribution in [0.5, 0.6) is 5.75 Å². The number of benzene rings is 1. The Morgan fingerprint density at radius 2 is 1.89 bits per heavy atom. The van der Waals surface area contributed by atoms with Gasteiger partial charge >= 0.3 is 0 Å². The lowest BCUT2D eigenvalue weighted by Gasteiger charge is -2.22. The summed E-state index contributed by atoms with van der Waals surface area (Å²) in [7, 11) is 0. The molecule has 0 bridgehead atoms. The van der Waals surface area contributed by atoms with Crippen LogP contribution in [-0.4, -0.2) is 23.9 Å². The highest BCUT2D eigenvalue weighted by Crippen LogP contribution is 2.25. The minimum atomic E-state index is -0.568. The lowest BCUT2D eigenvalue weighted by molar-refractivity contribution is 0.175. The molecular formula is C15H25NO2. The van der Waals surface area contributed by atoms with Crippen molar-refractivity contribution in [3.8, 4) is 5.75 Å². The lowest BCUT2D eigenvalue weighted by atomic mass is 9.87. The molecule has 0 aliphatic carbocycles. The second kappa shape index (κ2) is 5.72. The largest absolute Gasteiger partial charge is 0.494 e. The van der Waals surface area contributed by atoms with Gasteiger partial charge in [0.25, 0.3) is 0 Å². The van der Waals surface area contributed by atoms with Crippen LogP contribution >= 0.6 is 0 Å². The van der Waals surface area contributed by atoms with Gasteiger partial charge in [0, 0.05) is 12.0 Å². The Balaban J connectivity index is 2.59. The molecule has 3 heteroatoms. The molecule has 0 aromatic heterocycles. The summed E-state index contributed by atoms with van der Waals surface area (Å²) in [5.41, 5.74) is 6.65. The van der Waals surface area contributed by atoms with Crippen LogP contribution in [0.2, 0.25) is 0 Å². The van der Waals surface area contributed by atoms with Gasteiger partial charge in [-0.05, 0) is 30.0 Å². The standard InChI is InChI=1S/C15H25NO2/c1-14(2,3)12-6-5-7-13(10-12)18-9-8-15(4,16)11-17/h5-7,10,17H,8-9,11,16H2,1-4H3. The Morgan fingerprint density at radius 1 is 1.22 bits per heavy atom. The van der Waals surface area contributed by atoms with Gasteiger partial charge in [0.05, 0.1) is 13.2 Å². The molecule has 0 saturated carbocycles. The summed E-state index contributed by atoms with van der Waals surface area (Å²) in [6.45, 7) is 8.83. The Morgan fingerprint density at radius 3 is 2.44 bits per heavy atom. The van der Waals surface area contributed by atoms with Gasteiger partial charge in [0.2, 0.25) is 0 Å². The predicted molar refractivity (Wildman–Crippen MR) is 74.9 cm³/mol. The maximum atomic E-state index is 9.06. The molecule has 0 amide bonds. The summed E-state index contributed by atoms with van der Waals surface area (Å²) < 4.78 is 5.69. The molecule has 102 valence electrons. The van der Waals surface area contributed by atoms with Crippen molar-refractivity contribution in [3.63, 3.8) is 0 Å². The molecule has 0 radical (unpaired) electrons. The quantitative estimate of drug-likeness (QED) is 0.845. The second-order valence-electron chi connectivity index (χ2n) is 6.19. The molecule has 0 fully saturated rings. The summed E-state index contributed by atoms with van der Waals surface area (Å²) in [5.74, 6) is 0.858. The van der Waals surface area contributed by atoms with Gasteiger partial charge in [-0.3, -0.25) is 0 Å². The van der Waals surface area contributed by atoms with Gasteiger partial charge in [-0.2, -0.15) is 0 Å². The van der Waals surface area contributed by atoms with Crippen LogP contribution in [0, 0.1) is 0 Å². The molecule has 0 aliphatic rings. The fourth-order valence-corrected chi connectivity index (χ4v) is 1.53. The minimum Gasteiger partial charge on any atom is -0.494 e. The molecule has 1 unspecified atom stereocenters. The van der Waals surface area contributed by atoms with Crippen molar-refractivity contribution in [1.29, 1.82) is 0 Å². The molecule has 0 spiro atoms. The summed E-state index contributed by atoms with van der Waals surface area (Å²) in [6.07, 6.45) is 0.628. The van der Waals surface area contributed by atoms with Crippen molar-refractivity contribution >= 4 is 0 Å². The zero-order chi connectivity index (χ0) is 13.8. The highest BCUT2D eigenvalue weighted by atomic mass is 16.5. The average Bonchev–Trinajstić information content (AvgIpc) is 2.28. The number of hydrogen-bond donors (Lipinski definition) is 2. The minimum absolute atomic E-state index is 0.0294. The maximum Gasteiger partial charge on any atom is 0.119 e. The highest BCUT2D eigenvalue weighted by molar-refractivity contribution is 5.32. The van der Waals surface area contributed by atoms with E-state index in [0.717, 1.165) is 5.75 Å². The van der Waals surface area contributed by atoms with E-state index in [1.54, 1.807) is 0 Å². The van der Waals surface area contributed by atoms with Gasteiger partial charge in [-0.25, -0.2) is 0 Å². The van der Waals surface area contributed by atoms with Gasteiger partial charge in [0.1, 0.15) is 5.75 Å². The van der Waals surface area contributed by atoms with Crippen molar-refractivity contribution in [1.82, 2.24) is 0 Å². The number of ether oxygens (including phenoxy) is 1. The van der Waals surface area contributed by atoms with E-state index in [2.05, 4.69) is 32.9 Å². The Hall–Kier alpha value is -1.06. The van der Waals surface area contributed by atoms with Crippen LogP contribution in [0.1, 0.15) is 39.7 Å². The van der Waals surface area contributed by atoms with E-state index in [-0.39, 0.29) is 12.0 Å². The summed E-state index contributed by atoms with van der Waals surface area (Å²) in [6, 6.07) is 8.12. The predicted octanol–water partition coefficient (Wildman–Crippen LogP) is 2.46. The van der Waals surface area contributed by atoms with Gasteiger partial charge < -0.3 is 15.6 Å². The highest BCUT2D eigenvalue weighted by Gasteiger charge is 2.17. The van der Waals surface area contributed by atoms with E-state index in [4.69, 9.17) is 15.6 Å². The van der Waals surface area contributed by atoms with Gasteiger partial charge in [-0.1, -0.05) is 32.9 Å². The van der Waals surface area contributed by atoms with Crippen LogP contribution in [0.3, 0.4) is 0 Å². The molecule has 18 heavy (non-hydrogen) atoms. The Kier molecular flexibility index (Phi) is 4.77. The third-order valence-corrected chi connectivity index (χ3v) is 3.00. The Labute approximate surface area is 110 Å². The topological polar surface area (TPSA) is 55.5 Å². The number of nitrogens with two attached hydrogens (primary N) is 1. The zero-order valence-electron chi connectivity index (χ0n) is 11.9. The van der Waals surface area contributed by atoms with Crippen molar-refractivity contribution in [3.05, 3.63) is 29.8 Å². The molecule has 0 saturated heterocycles. The first-order valence-corrected chi connectivity index (χ1v) is 6.38. The molecule has 1 aromatic rings. The van der Waals surface area contributed by atoms with E-state index in [1.165, 1.54) is 5.56 Å². The van der Waals surface area contributed by atoms with Crippen molar-refractivity contribution in [2.45, 2.75) is 45.1 Å². The number of aliphatic hydroxyl groups is 1. The van der Waals surface area contributed by atoms with Crippen molar-refractivity contribution < 1.29 is 9.84 Å². The van der Waals surface area contributed by atoms with Crippen LogP contribution < -0.4 is 10.5 Å². The second-order valence-corrected chi connectivity index (χ2v) is 6.19. The number of rotatable bonds is 5. The summed E-state index contributed by atoms with van der Waals surface area (Å²) in [4.78, 5) is 0. The molecular weight excluding hydrogens is 226 g/mol. The first-order chi connectivity index (χ1) is 8.24. The summed E-state index contributed by atoms with van der Waals surface area (Å²) >= 11 is 0. The van der Waals surface area contributed by atoms with Crippen LogP contribution in [0.15, 0.2) is 24.3 Å². The van der Waals surface area contributed by atoms with Crippen LogP contribution in [0.25, 0.3) is 0 Å². The van der Waals surface area contributed by atoms with Crippen molar-refractivity contribution in [2.75, 3.05) is 13.2 Å². The first kappa shape index (κ1) is 15.0. The van der Waals surface area contributed by atoms with Crippen LogP contribution in [-0.2, 0) is 5.41 Å². The van der Waals surface area contributed by atoms with E-state index < -0.39 is 5.54 Å². The SMILES string of the molecule is CC(N)(CO)CCOc1cccc(C(C)(C)C)c1. The molecule has 1 rings (SSSR count). The molecule has 1 atom stereocenters. The molecule has 3 nitrogen and oxygen atoms in total. The lowest BCUT2D eigenvalue weighted by Crippen LogP contribution is -2.41. The normalized spacial score (nSPS) is 15.2. The fourth-order valence-electron chi connectivity index (χ4n) is 1.53. The first-order valence-electron chi connectivity index (χ1n) is 6.38. The maximum absolute atomic E-state index is 9.06. The van der Waals surface area contributed by atoms with Crippen LogP contribution in [0.4, 0.5) is 0 Å². The van der Waals surface area contributed by atoms with Gasteiger partial charge in [-0.15, -0.1) is 0 Å². The van der Waals surface area contributed by atoms with E-state index in [1.807, 2.05) is 19.1 Å². The number of hydrogen-bond acceptors (Lipinski definition) is 3. The fraction of sp³-hybridized carbons (Fsp3) is 0.600.